The topological polar surface area (TPSA) is 90.2 Å². The fraction of sp³-hybridized carbons (Fsp3) is 0.360. The molecule has 0 bridgehead atoms. The molecule has 5 rings (SSSR count). The van der Waals surface area contributed by atoms with Crippen molar-refractivity contribution in [1.29, 1.82) is 0 Å². The fourth-order valence-corrected chi connectivity index (χ4v) is 6.29. The lowest BCUT2D eigenvalue weighted by Crippen LogP contribution is -2.48. The van der Waals surface area contributed by atoms with Gasteiger partial charge < -0.3 is 14.7 Å². The summed E-state index contributed by atoms with van der Waals surface area (Å²) in [5.41, 5.74) is 1.62. The number of hydrogen-bond acceptors (Lipinski definition) is 7. The molecule has 2 saturated heterocycles. The van der Waals surface area contributed by atoms with Gasteiger partial charge in [-0.3, -0.25) is 10.1 Å². The first kappa shape index (κ1) is 23.5. The Hall–Kier alpha value is -3.21. The van der Waals surface area contributed by atoms with Crippen molar-refractivity contribution in [3.63, 3.8) is 0 Å². The number of rotatable bonds is 5. The third-order valence-corrected chi connectivity index (χ3v) is 8.86. The summed E-state index contributed by atoms with van der Waals surface area (Å²) in [5.74, 6) is 0. The number of fused-ring (bicyclic) bond motifs is 1. The summed E-state index contributed by atoms with van der Waals surface area (Å²) in [7, 11) is -1.55. The molecule has 0 aliphatic carbocycles. The van der Waals surface area contributed by atoms with Gasteiger partial charge in [-0.25, -0.2) is 8.42 Å². The van der Waals surface area contributed by atoms with E-state index in [0.717, 1.165) is 42.6 Å². The van der Waals surface area contributed by atoms with Crippen LogP contribution in [0.4, 0.5) is 17.1 Å². The summed E-state index contributed by atoms with van der Waals surface area (Å²) in [6, 6.07) is 18.2. The van der Waals surface area contributed by atoms with Crippen molar-refractivity contribution in [3.8, 4) is 0 Å². The van der Waals surface area contributed by atoms with Crippen LogP contribution in [0.1, 0.15) is 0 Å². The van der Waals surface area contributed by atoms with Crippen molar-refractivity contribution >= 4 is 37.9 Å². The summed E-state index contributed by atoms with van der Waals surface area (Å²) >= 11 is 0. The Balaban J connectivity index is 1.33. The number of piperazine rings is 2. The van der Waals surface area contributed by atoms with Crippen molar-refractivity contribution in [2.24, 2.45) is 0 Å². The van der Waals surface area contributed by atoms with Gasteiger partial charge in [-0.05, 0) is 42.1 Å². The van der Waals surface area contributed by atoms with Crippen LogP contribution in [0.15, 0.2) is 65.6 Å². The number of nitrogens with zero attached hydrogens (tertiary/aromatic N) is 5. The minimum absolute atomic E-state index is 0.107. The second-order valence-electron chi connectivity index (χ2n) is 9.12. The molecule has 0 aromatic heterocycles. The minimum Gasteiger partial charge on any atom is -0.369 e. The highest BCUT2D eigenvalue weighted by molar-refractivity contribution is 7.89. The second-order valence-corrected chi connectivity index (χ2v) is 11.1. The van der Waals surface area contributed by atoms with Gasteiger partial charge in [-0.15, -0.1) is 0 Å². The number of sulfonamides is 1. The van der Waals surface area contributed by atoms with Crippen LogP contribution in [-0.4, -0.2) is 82.0 Å². The maximum atomic E-state index is 13.3. The van der Waals surface area contributed by atoms with Crippen LogP contribution in [0, 0.1) is 10.1 Å². The van der Waals surface area contributed by atoms with E-state index >= 15 is 0 Å². The summed E-state index contributed by atoms with van der Waals surface area (Å²) in [6.07, 6.45) is 0. The standard InChI is InChI=1S/C25H29N5O4S/c1-26-10-12-28(13-11-26)25-19-22(7-9-24(25)30(31)32)27-14-16-29(17-15-27)35(33,34)23-8-6-20-4-2-3-5-21(20)18-23/h2-9,18-19H,10-17H2,1H3. The molecule has 2 aliphatic rings. The number of anilines is 2. The molecule has 184 valence electrons. The number of nitro groups is 1. The van der Waals surface area contributed by atoms with Gasteiger partial charge in [0.25, 0.3) is 5.69 Å². The van der Waals surface area contributed by atoms with E-state index in [9.17, 15) is 18.5 Å². The summed E-state index contributed by atoms with van der Waals surface area (Å²) in [4.78, 5) is 18.0. The number of benzene rings is 3. The second kappa shape index (κ2) is 9.44. The van der Waals surface area contributed by atoms with Crippen LogP contribution in [0.25, 0.3) is 10.8 Å². The van der Waals surface area contributed by atoms with Crippen molar-refractivity contribution in [3.05, 3.63) is 70.8 Å². The first-order valence-electron chi connectivity index (χ1n) is 11.8. The molecule has 0 radical (unpaired) electrons. The summed E-state index contributed by atoms with van der Waals surface area (Å²) in [5, 5.41) is 13.6. The van der Waals surface area contributed by atoms with Gasteiger partial charge >= 0.3 is 0 Å². The highest BCUT2D eigenvalue weighted by Gasteiger charge is 2.30. The molecule has 3 aromatic carbocycles. The molecule has 9 nitrogen and oxygen atoms in total. The van der Waals surface area contributed by atoms with Crippen molar-refractivity contribution in [1.82, 2.24) is 9.21 Å². The Morgan fingerprint density at radius 3 is 2.11 bits per heavy atom. The molecule has 0 unspecified atom stereocenters. The Morgan fingerprint density at radius 1 is 0.771 bits per heavy atom. The zero-order valence-corrected chi connectivity index (χ0v) is 20.5. The number of nitro benzene ring substituents is 1. The van der Waals surface area contributed by atoms with E-state index in [2.05, 4.69) is 14.7 Å². The third-order valence-electron chi connectivity index (χ3n) is 6.96. The zero-order valence-electron chi connectivity index (χ0n) is 19.7. The van der Waals surface area contributed by atoms with E-state index < -0.39 is 10.0 Å². The van der Waals surface area contributed by atoms with Crippen LogP contribution in [0.5, 0.6) is 0 Å². The Bertz CT molecular complexity index is 1350. The largest absolute Gasteiger partial charge is 0.369 e. The quantitative estimate of drug-likeness (QED) is 0.397. The van der Waals surface area contributed by atoms with E-state index in [0.29, 0.717) is 36.8 Å². The molecule has 0 N–H and O–H groups in total. The molecule has 3 aromatic rings. The third kappa shape index (κ3) is 4.69. The van der Waals surface area contributed by atoms with Crippen molar-refractivity contribution < 1.29 is 13.3 Å². The Morgan fingerprint density at radius 2 is 1.43 bits per heavy atom. The molecule has 0 saturated carbocycles. The SMILES string of the molecule is CN1CCN(c2cc(N3CCN(S(=O)(=O)c4ccc5ccccc5c4)CC3)ccc2[N+](=O)[O-])CC1. The lowest BCUT2D eigenvalue weighted by Gasteiger charge is -2.37. The van der Waals surface area contributed by atoms with E-state index in [-0.39, 0.29) is 10.6 Å². The lowest BCUT2D eigenvalue weighted by atomic mass is 10.1. The number of likely N-dealkylation sites (N-methyl/N-ethyl adjacent to an activating group) is 1. The van der Waals surface area contributed by atoms with Crippen LogP contribution in [0.2, 0.25) is 0 Å². The zero-order chi connectivity index (χ0) is 24.6. The number of hydrogen-bond donors (Lipinski definition) is 0. The molecule has 2 heterocycles. The maximum absolute atomic E-state index is 13.3. The molecule has 0 spiro atoms. The van der Waals surface area contributed by atoms with Gasteiger partial charge in [0, 0.05) is 64.1 Å². The Labute approximate surface area is 205 Å². The minimum atomic E-state index is -3.60. The van der Waals surface area contributed by atoms with Gasteiger partial charge in [0.1, 0.15) is 5.69 Å². The molecule has 2 fully saturated rings. The average molecular weight is 496 g/mol. The van der Waals surface area contributed by atoms with Crippen LogP contribution in [-0.2, 0) is 10.0 Å². The fourth-order valence-electron chi connectivity index (χ4n) is 4.83. The van der Waals surface area contributed by atoms with Gasteiger partial charge in [0.05, 0.1) is 9.82 Å². The van der Waals surface area contributed by atoms with Gasteiger partial charge in [-0.1, -0.05) is 30.3 Å². The van der Waals surface area contributed by atoms with E-state index in [1.807, 2.05) is 43.4 Å². The molecular formula is C25H29N5O4S. The normalized spacial score (nSPS) is 18.2. The molecule has 0 atom stereocenters. The molecule has 35 heavy (non-hydrogen) atoms. The highest BCUT2D eigenvalue weighted by atomic mass is 32.2. The smallest absolute Gasteiger partial charge is 0.292 e. The summed E-state index contributed by atoms with van der Waals surface area (Å²) < 4.78 is 28.1. The monoisotopic (exact) mass is 495 g/mol. The average Bonchev–Trinajstić information content (AvgIpc) is 2.88. The van der Waals surface area contributed by atoms with E-state index in [4.69, 9.17) is 0 Å². The Kier molecular flexibility index (Phi) is 6.35. The molecular weight excluding hydrogens is 466 g/mol. The highest BCUT2D eigenvalue weighted by Crippen LogP contribution is 2.34. The van der Waals surface area contributed by atoms with E-state index in [1.54, 1.807) is 24.3 Å². The van der Waals surface area contributed by atoms with Gasteiger partial charge in [0.2, 0.25) is 10.0 Å². The van der Waals surface area contributed by atoms with E-state index in [1.165, 1.54) is 4.31 Å². The first-order chi connectivity index (χ1) is 16.8. The van der Waals surface area contributed by atoms with Crippen LogP contribution < -0.4 is 9.80 Å². The summed E-state index contributed by atoms with van der Waals surface area (Å²) in [6.45, 7) is 4.93. The molecule has 10 heteroatoms. The van der Waals surface area contributed by atoms with Gasteiger partial charge in [0.15, 0.2) is 0 Å². The van der Waals surface area contributed by atoms with Crippen LogP contribution in [0.3, 0.4) is 0 Å². The van der Waals surface area contributed by atoms with Crippen LogP contribution >= 0.6 is 0 Å². The first-order valence-corrected chi connectivity index (χ1v) is 13.2. The predicted molar refractivity (Wildman–Crippen MR) is 138 cm³/mol. The predicted octanol–water partition coefficient (Wildman–Crippen LogP) is 3.01. The maximum Gasteiger partial charge on any atom is 0.292 e. The van der Waals surface area contributed by atoms with Crippen molar-refractivity contribution in [2.75, 3.05) is 69.2 Å². The van der Waals surface area contributed by atoms with Gasteiger partial charge in [-0.2, -0.15) is 4.31 Å². The van der Waals surface area contributed by atoms with Crippen molar-refractivity contribution in [2.45, 2.75) is 4.90 Å². The molecule has 2 aliphatic heterocycles. The lowest BCUT2D eigenvalue weighted by molar-refractivity contribution is -0.384. The molecule has 0 amide bonds.